The monoisotopic (exact) mass is 285 g/mol. The first kappa shape index (κ1) is 13.2. The first-order valence-electron chi connectivity index (χ1n) is 6.84. The number of hydrogen-bond acceptors (Lipinski definition) is 1. The van der Waals surface area contributed by atoms with Crippen LogP contribution in [0.2, 0.25) is 5.02 Å². The van der Waals surface area contributed by atoms with E-state index >= 15 is 0 Å². The third kappa shape index (κ3) is 2.56. The molecule has 1 aliphatic heterocycles. The molecule has 0 radical (unpaired) electrons. The van der Waals surface area contributed by atoms with Crippen molar-refractivity contribution in [3.8, 4) is 0 Å². The molecular weight excluding hydrogens is 270 g/mol. The van der Waals surface area contributed by atoms with Gasteiger partial charge in [0.15, 0.2) is 0 Å². The highest BCUT2D eigenvalue weighted by Gasteiger charge is 2.33. The average Bonchev–Trinajstić information content (AvgIpc) is 2.49. The maximum atomic E-state index is 12.3. The highest BCUT2D eigenvalue weighted by molar-refractivity contribution is 6.30. The molecule has 1 N–H and O–H groups in total. The molecule has 20 heavy (non-hydrogen) atoms. The lowest BCUT2D eigenvalue weighted by molar-refractivity contribution is -0.124. The van der Waals surface area contributed by atoms with Gasteiger partial charge in [-0.2, -0.15) is 0 Å². The lowest BCUT2D eigenvalue weighted by atomic mass is 9.77. The van der Waals surface area contributed by atoms with Gasteiger partial charge in [0.05, 0.1) is 5.92 Å². The van der Waals surface area contributed by atoms with Crippen molar-refractivity contribution in [2.75, 3.05) is 6.54 Å². The number of benzene rings is 2. The number of carbonyl (C=O) groups is 1. The van der Waals surface area contributed by atoms with Gasteiger partial charge in [-0.3, -0.25) is 4.79 Å². The van der Waals surface area contributed by atoms with Gasteiger partial charge in [-0.15, -0.1) is 0 Å². The lowest BCUT2D eigenvalue weighted by Crippen LogP contribution is -2.39. The summed E-state index contributed by atoms with van der Waals surface area (Å²) in [5, 5.41) is 3.67. The van der Waals surface area contributed by atoms with E-state index in [9.17, 15) is 4.79 Å². The molecule has 0 saturated carbocycles. The highest BCUT2D eigenvalue weighted by Crippen LogP contribution is 2.38. The van der Waals surface area contributed by atoms with Gasteiger partial charge in [0, 0.05) is 17.5 Å². The molecule has 1 saturated heterocycles. The minimum atomic E-state index is -0.136. The summed E-state index contributed by atoms with van der Waals surface area (Å²) in [6.07, 6.45) is 0.961. The average molecular weight is 286 g/mol. The summed E-state index contributed by atoms with van der Waals surface area (Å²) in [5.41, 5.74) is 2.25. The van der Waals surface area contributed by atoms with Crippen LogP contribution in [0.1, 0.15) is 29.4 Å². The first-order chi connectivity index (χ1) is 9.75. The first-order valence-corrected chi connectivity index (χ1v) is 7.21. The molecule has 0 unspecified atom stereocenters. The zero-order chi connectivity index (χ0) is 13.9. The molecule has 102 valence electrons. The topological polar surface area (TPSA) is 29.1 Å². The van der Waals surface area contributed by atoms with Crippen LogP contribution >= 0.6 is 11.6 Å². The maximum absolute atomic E-state index is 12.3. The number of piperidine rings is 1. The summed E-state index contributed by atoms with van der Waals surface area (Å²) in [4.78, 5) is 12.3. The fourth-order valence-electron chi connectivity index (χ4n) is 2.92. The van der Waals surface area contributed by atoms with Crippen LogP contribution in [0, 0.1) is 0 Å². The largest absolute Gasteiger partial charge is 0.356 e. The zero-order valence-corrected chi connectivity index (χ0v) is 11.8. The minimum absolute atomic E-state index is 0.104. The second-order valence-corrected chi connectivity index (χ2v) is 5.56. The minimum Gasteiger partial charge on any atom is -0.356 e. The van der Waals surface area contributed by atoms with Crippen LogP contribution in [0.25, 0.3) is 0 Å². The predicted octanol–water partition coefficient (Wildman–Crippen LogP) is 3.73. The molecule has 0 bridgehead atoms. The van der Waals surface area contributed by atoms with Gasteiger partial charge in [-0.1, -0.05) is 54.1 Å². The quantitative estimate of drug-likeness (QED) is 0.895. The van der Waals surface area contributed by atoms with Crippen LogP contribution in [-0.2, 0) is 4.79 Å². The zero-order valence-electron chi connectivity index (χ0n) is 11.1. The molecule has 3 rings (SSSR count). The van der Waals surface area contributed by atoms with Gasteiger partial charge in [0.2, 0.25) is 5.91 Å². The van der Waals surface area contributed by atoms with Crippen LogP contribution in [0.3, 0.4) is 0 Å². The van der Waals surface area contributed by atoms with E-state index in [4.69, 9.17) is 11.6 Å². The molecule has 0 aliphatic carbocycles. The van der Waals surface area contributed by atoms with Gasteiger partial charge in [-0.25, -0.2) is 0 Å². The van der Waals surface area contributed by atoms with E-state index in [-0.39, 0.29) is 17.7 Å². The van der Waals surface area contributed by atoms with E-state index in [1.165, 1.54) is 5.56 Å². The number of halogens is 1. The maximum Gasteiger partial charge on any atom is 0.228 e. The lowest BCUT2D eigenvalue weighted by Gasteiger charge is -2.31. The van der Waals surface area contributed by atoms with Crippen molar-refractivity contribution in [3.05, 3.63) is 70.7 Å². The fourth-order valence-corrected chi connectivity index (χ4v) is 3.05. The van der Waals surface area contributed by atoms with Crippen molar-refractivity contribution in [2.24, 2.45) is 0 Å². The van der Waals surface area contributed by atoms with E-state index < -0.39 is 0 Å². The smallest absolute Gasteiger partial charge is 0.228 e. The second-order valence-electron chi connectivity index (χ2n) is 5.13. The molecule has 1 heterocycles. The molecular formula is C17H16ClNO. The van der Waals surface area contributed by atoms with Crippen LogP contribution in [0.5, 0.6) is 0 Å². The van der Waals surface area contributed by atoms with Gasteiger partial charge in [-0.05, 0) is 29.7 Å². The van der Waals surface area contributed by atoms with Crippen molar-refractivity contribution in [1.29, 1.82) is 0 Å². The number of nitrogens with one attached hydrogen (secondary N) is 1. The van der Waals surface area contributed by atoms with Crippen LogP contribution in [-0.4, -0.2) is 12.5 Å². The third-order valence-electron chi connectivity index (χ3n) is 3.90. The summed E-state index contributed by atoms with van der Waals surface area (Å²) in [6, 6.07) is 17.9. The molecule has 1 aliphatic rings. The van der Waals surface area contributed by atoms with Crippen molar-refractivity contribution in [3.63, 3.8) is 0 Å². The summed E-state index contributed by atoms with van der Waals surface area (Å²) in [5.74, 6) is 0.196. The molecule has 2 atom stereocenters. The van der Waals surface area contributed by atoms with Gasteiger partial charge in [0.25, 0.3) is 0 Å². The van der Waals surface area contributed by atoms with Crippen molar-refractivity contribution in [1.82, 2.24) is 5.32 Å². The van der Waals surface area contributed by atoms with Gasteiger partial charge in [0.1, 0.15) is 0 Å². The van der Waals surface area contributed by atoms with Crippen molar-refractivity contribution >= 4 is 17.5 Å². The highest BCUT2D eigenvalue weighted by atomic mass is 35.5. The normalized spacial score (nSPS) is 22.4. The Morgan fingerprint density at radius 1 is 0.950 bits per heavy atom. The van der Waals surface area contributed by atoms with E-state index in [1.807, 2.05) is 42.5 Å². The number of amides is 1. The third-order valence-corrected chi connectivity index (χ3v) is 4.15. The molecule has 3 heteroatoms. The number of rotatable bonds is 2. The fraction of sp³-hybridized carbons (Fsp3) is 0.235. The van der Waals surface area contributed by atoms with E-state index in [0.29, 0.717) is 5.02 Å². The molecule has 2 nitrogen and oxygen atoms in total. The molecule has 1 fully saturated rings. The molecule has 0 aromatic heterocycles. The van der Waals surface area contributed by atoms with Crippen LogP contribution in [0.15, 0.2) is 54.6 Å². The van der Waals surface area contributed by atoms with E-state index in [2.05, 4.69) is 17.4 Å². The number of hydrogen-bond donors (Lipinski definition) is 1. The molecule has 0 spiro atoms. The number of carbonyl (C=O) groups excluding carboxylic acids is 1. The van der Waals surface area contributed by atoms with Crippen LogP contribution < -0.4 is 5.32 Å². The SMILES string of the molecule is O=C1NCC[C@@H](c2ccccc2)[C@H]1c1ccc(Cl)cc1. The second kappa shape index (κ2) is 5.68. The van der Waals surface area contributed by atoms with Gasteiger partial charge < -0.3 is 5.32 Å². The predicted molar refractivity (Wildman–Crippen MR) is 81.0 cm³/mol. The Hall–Kier alpha value is -1.80. The summed E-state index contributed by atoms with van der Waals surface area (Å²) in [7, 11) is 0. The molecule has 2 aromatic carbocycles. The Morgan fingerprint density at radius 3 is 2.35 bits per heavy atom. The van der Waals surface area contributed by atoms with Crippen LogP contribution in [0.4, 0.5) is 0 Å². The van der Waals surface area contributed by atoms with E-state index in [0.717, 1.165) is 18.5 Å². The summed E-state index contributed by atoms with van der Waals surface area (Å²) < 4.78 is 0. The Morgan fingerprint density at radius 2 is 1.65 bits per heavy atom. The molecule has 1 amide bonds. The van der Waals surface area contributed by atoms with Crippen molar-refractivity contribution in [2.45, 2.75) is 18.3 Å². The van der Waals surface area contributed by atoms with Crippen molar-refractivity contribution < 1.29 is 4.79 Å². The summed E-state index contributed by atoms with van der Waals surface area (Å²) >= 11 is 5.94. The Balaban J connectivity index is 1.99. The Kier molecular flexibility index (Phi) is 3.75. The molecule has 2 aromatic rings. The van der Waals surface area contributed by atoms with Gasteiger partial charge >= 0.3 is 0 Å². The standard InChI is InChI=1S/C17H16ClNO/c18-14-8-6-13(7-9-14)16-15(10-11-19-17(16)20)12-4-2-1-3-5-12/h1-9,15-16H,10-11H2,(H,19,20)/t15-,16+/m0/s1. The Bertz CT molecular complexity index is 594. The van der Waals surface area contributed by atoms with E-state index in [1.54, 1.807) is 0 Å². The summed E-state index contributed by atoms with van der Waals surface area (Å²) in [6.45, 7) is 0.739. The Labute approximate surface area is 123 Å².